The zero-order chi connectivity index (χ0) is 19.3. The summed E-state index contributed by atoms with van der Waals surface area (Å²) in [6.07, 6.45) is 8.83. The number of hydrogen-bond donors (Lipinski definition) is 1. The van der Waals surface area contributed by atoms with Gasteiger partial charge in [0, 0.05) is 24.2 Å². The molecule has 0 aliphatic carbocycles. The van der Waals surface area contributed by atoms with Gasteiger partial charge >= 0.3 is 0 Å². The summed E-state index contributed by atoms with van der Waals surface area (Å²) in [6.45, 7) is 1.14. The second-order valence-corrected chi connectivity index (χ2v) is 6.59. The van der Waals surface area contributed by atoms with E-state index < -0.39 is 0 Å². The zero-order valence-electron chi connectivity index (χ0n) is 15.2. The number of anilines is 1. The highest BCUT2D eigenvalue weighted by atomic mass is 16.1. The summed E-state index contributed by atoms with van der Waals surface area (Å²) in [5.41, 5.74) is 5.90. The van der Waals surface area contributed by atoms with E-state index in [2.05, 4.69) is 16.5 Å². The summed E-state index contributed by atoms with van der Waals surface area (Å²) in [5.74, 6) is -0.210. The van der Waals surface area contributed by atoms with Crippen LogP contribution in [0, 0.1) is 11.5 Å². The second kappa shape index (κ2) is 7.77. The van der Waals surface area contributed by atoms with Crippen LogP contribution in [0.1, 0.15) is 16.7 Å². The van der Waals surface area contributed by atoms with Crippen molar-refractivity contribution in [2.45, 2.75) is 13.1 Å². The molecule has 28 heavy (non-hydrogen) atoms. The standard InChI is InChI=1S/C23H18N4O/c24-16-27-14-19-11-20(26-23(28)9-8-17-5-4-10-25-13-17)12-21(22(19)15-27)18-6-2-1-3-7-18/h1-13H,14-15H2,(H,26,28). The van der Waals surface area contributed by atoms with Crippen LogP contribution < -0.4 is 5.32 Å². The Bertz CT molecular complexity index is 1070. The number of carbonyl (C=O) groups is 1. The number of carbonyl (C=O) groups excluding carboxylic acids is 1. The second-order valence-electron chi connectivity index (χ2n) is 6.59. The van der Waals surface area contributed by atoms with Gasteiger partial charge < -0.3 is 10.2 Å². The summed E-state index contributed by atoms with van der Waals surface area (Å²) in [6, 6.07) is 17.7. The first-order valence-electron chi connectivity index (χ1n) is 8.98. The Morgan fingerprint density at radius 3 is 2.75 bits per heavy atom. The average Bonchev–Trinajstić information content (AvgIpc) is 3.16. The van der Waals surface area contributed by atoms with Gasteiger partial charge in [-0.1, -0.05) is 36.4 Å². The Hall–Kier alpha value is -3.91. The normalized spacial score (nSPS) is 12.6. The molecule has 0 unspecified atom stereocenters. The van der Waals surface area contributed by atoms with Gasteiger partial charge in [0.05, 0.1) is 13.1 Å². The van der Waals surface area contributed by atoms with E-state index in [1.165, 1.54) is 6.08 Å². The Morgan fingerprint density at radius 2 is 2.00 bits per heavy atom. The lowest BCUT2D eigenvalue weighted by Gasteiger charge is -2.12. The zero-order valence-corrected chi connectivity index (χ0v) is 15.2. The quantitative estimate of drug-likeness (QED) is 0.555. The topological polar surface area (TPSA) is 69.0 Å². The van der Waals surface area contributed by atoms with Crippen LogP contribution in [0.25, 0.3) is 17.2 Å². The molecule has 1 N–H and O–H groups in total. The maximum Gasteiger partial charge on any atom is 0.248 e. The number of amides is 1. The van der Waals surface area contributed by atoms with Gasteiger partial charge in [-0.3, -0.25) is 9.78 Å². The van der Waals surface area contributed by atoms with Crippen molar-refractivity contribution >= 4 is 17.7 Å². The Balaban J connectivity index is 1.62. The summed E-state index contributed by atoms with van der Waals surface area (Å²) < 4.78 is 0. The predicted octanol–water partition coefficient (Wildman–Crippen LogP) is 4.20. The van der Waals surface area contributed by atoms with Gasteiger partial charge in [-0.15, -0.1) is 0 Å². The van der Waals surface area contributed by atoms with Crippen LogP contribution in [0.4, 0.5) is 5.69 Å². The molecule has 0 saturated heterocycles. The van der Waals surface area contributed by atoms with Crippen molar-refractivity contribution in [3.05, 3.63) is 89.8 Å². The van der Waals surface area contributed by atoms with Gasteiger partial charge in [0.25, 0.3) is 0 Å². The summed E-state index contributed by atoms with van der Waals surface area (Å²) >= 11 is 0. The molecule has 1 aromatic heterocycles. The van der Waals surface area contributed by atoms with Crippen LogP contribution in [0.3, 0.4) is 0 Å². The summed E-state index contributed by atoms with van der Waals surface area (Å²) in [5, 5.41) is 12.2. The number of fused-ring (bicyclic) bond motifs is 1. The maximum absolute atomic E-state index is 12.4. The molecule has 136 valence electrons. The van der Waals surface area contributed by atoms with Crippen molar-refractivity contribution in [2.75, 3.05) is 5.32 Å². The highest BCUT2D eigenvalue weighted by Gasteiger charge is 2.22. The Kier molecular flexibility index (Phi) is 4.85. The first kappa shape index (κ1) is 17.5. The fraction of sp³-hybridized carbons (Fsp3) is 0.0870. The number of rotatable bonds is 4. The molecule has 0 spiro atoms. The number of nitrogens with one attached hydrogen (secondary N) is 1. The van der Waals surface area contributed by atoms with Crippen LogP contribution in [0.2, 0.25) is 0 Å². The van der Waals surface area contributed by atoms with Crippen molar-refractivity contribution in [1.29, 1.82) is 5.26 Å². The van der Waals surface area contributed by atoms with Gasteiger partial charge in [-0.25, -0.2) is 0 Å². The van der Waals surface area contributed by atoms with Crippen LogP contribution in [-0.4, -0.2) is 15.8 Å². The first-order valence-corrected chi connectivity index (χ1v) is 8.98. The lowest BCUT2D eigenvalue weighted by atomic mass is 9.96. The minimum atomic E-state index is -0.210. The van der Waals surface area contributed by atoms with Crippen molar-refractivity contribution < 1.29 is 4.79 Å². The number of nitriles is 1. The third-order valence-electron chi connectivity index (χ3n) is 4.66. The molecule has 0 saturated carbocycles. The number of pyridine rings is 1. The SMILES string of the molecule is N#CN1Cc2cc(NC(=O)C=Cc3cccnc3)cc(-c3ccccc3)c2C1. The largest absolute Gasteiger partial charge is 0.322 e. The molecule has 0 bridgehead atoms. The van der Waals surface area contributed by atoms with E-state index in [4.69, 9.17) is 0 Å². The van der Waals surface area contributed by atoms with Gasteiger partial charge in [0.2, 0.25) is 5.91 Å². The third kappa shape index (κ3) is 3.76. The first-order chi connectivity index (χ1) is 13.7. The minimum Gasteiger partial charge on any atom is -0.322 e. The Morgan fingerprint density at radius 1 is 1.14 bits per heavy atom. The molecule has 1 aliphatic rings. The molecule has 0 atom stereocenters. The van der Waals surface area contributed by atoms with Gasteiger partial charge in [0.1, 0.15) is 0 Å². The summed E-state index contributed by atoms with van der Waals surface area (Å²) in [4.78, 5) is 18.1. The molecule has 2 aromatic carbocycles. The molecule has 2 heterocycles. The predicted molar refractivity (Wildman–Crippen MR) is 109 cm³/mol. The van der Waals surface area contributed by atoms with Crippen molar-refractivity contribution in [3.63, 3.8) is 0 Å². The highest BCUT2D eigenvalue weighted by molar-refractivity contribution is 6.02. The van der Waals surface area contributed by atoms with Crippen LogP contribution in [0.5, 0.6) is 0 Å². The van der Waals surface area contributed by atoms with Crippen LogP contribution in [-0.2, 0) is 17.9 Å². The number of hydrogen-bond acceptors (Lipinski definition) is 4. The van der Waals surface area contributed by atoms with Gasteiger partial charge in [-0.2, -0.15) is 5.26 Å². The average molecular weight is 366 g/mol. The molecule has 0 fully saturated rings. The molecule has 5 nitrogen and oxygen atoms in total. The van der Waals surface area contributed by atoms with Crippen molar-refractivity contribution in [1.82, 2.24) is 9.88 Å². The van der Waals surface area contributed by atoms with E-state index in [1.807, 2.05) is 54.6 Å². The molecular weight excluding hydrogens is 348 g/mol. The van der Waals surface area contributed by atoms with E-state index in [0.29, 0.717) is 13.1 Å². The van der Waals surface area contributed by atoms with Crippen molar-refractivity contribution in [2.24, 2.45) is 0 Å². The van der Waals surface area contributed by atoms with E-state index in [0.717, 1.165) is 33.5 Å². The smallest absolute Gasteiger partial charge is 0.248 e. The fourth-order valence-corrected chi connectivity index (χ4v) is 3.36. The van der Waals surface area contributed by atoms with E-state index >= 15 is 0 Å². The van der Waals surface area contributed by atoms with E-state index in [9.17, 15) is 10.1 Å². The third-order valence-corrected chi connectivity index (χ3v) is 4.66. The van der Waals surface area contributed by atoms with Crippen molar-refractivity contribution in [3.8, 4) is 17.3 Å². The van der Waals surface area contributed by atoms with Gasteiger partial charge in [0.15, 0.2) is 6.19 Å². The highest BCUT2D eigenvalue weighted by Crippen LogP contribution is 2.35. The van der Waals surface area contributed by atoms with E-state index in [1.54, 1.807) is 23.4 Å². The maximum atomic E-state index is 12.4. The number of aromatic nitrogens is 1. The van der Waals surface area contributed by atoms with Crippen LogP contribution >= 0.6 is 0 Å². The van der Waals surface area contributed by atoms with E-state index in [-0.39, 0.29) is 5.91 Å². The lowest BCUT2D eigenvalue weighted by Crippen LogP contribution is -2.08. The molecule has 4 rings (SSSR count). The van der Waals surface area contributed by atoms with Gasteiger partial charge in [-0.05, 0) is 52.1 Å². The number of nitrogens with zero attached hydrogens (tertiary/aromatic N) is 3. The fourth-order valence-electron chi connectivity index (χ4n) is 3.36. The minimum absolute atomic E-state index is 0.210. The molecule has 5 heteroatoms. The molecule has 3 aromatic rings. The summed E-state index contributed by atoms with van der Waals surface area (Å²) in [7, 11) is 0. The van der Waals surface area contributed by atoms with Crippen LogP contribution in [0.15, 0.2) is 73.1 Å². The molecule has 1 aliphatic heterocycles. The monoisotopic (exact) mass is 366 g/mol. The molecule has 1 amide bonds. The lowest BCUT2D eigenvalue weighted by molar-refractivity contribution is -0.111. The number of benzene rings is 2. The Labute approximate surface area is 163 Å². The molecular formula is C23H18N4O. The molecule has 0 radical (unpaired) electrons.